The van der Waals surface area contributed by atoms with Gasteiger partial charge in [0.2, 0.25) is 0 Å². The van der Waals surface area contributed by atoms with Crippen LogP contribution in [0.5, 0.6) is 0 Å². The molecule has 0 aliphatic rings. The highest BCUT2D eigenvalue weighted by Gasteiger charge is 2.17. The van der Waals surface area contributed by atoms with Crippen LogP contribution in [0.25, 0.3) is 47.4 Å². The van der Waals surface area contributed by atoms with E-state index in [-0.39, 0.29) is 0 Å². The van der Waals surface area contributed by atoms with Crippen LogP contribution < -0.4 is 0 Å². The van der Waals surface area contributed by atoms with Crippen LogP contribution in [-0.2, 0) is 0 Å². The number of thiophene rings is 6. The molecule has 0 saturated heterocycles. The van der Waals surface area contributed by atoms with E-state index >= 15 is 0 Å². The molecule has 0 radical (unpaired) electrons. The van der Waals surface area contributed by atoms with E-state index in [9.17, 15) is 0 Å². The van der Waals surface area contributed by atoms with Crippen LogP contribution in [0, 0.1) is 23.7 Å². The third kappa shape index (κ3) is 2.54. The predicted octanol–water partition coefficient (Wildman–Crippen LogP) is 9.08. The fourth-order valence-corrected chi connectivity index (χ4v) is 11.2. The van der Waals surface area contributed by atoms with Crippen molar-refractivity contribution in [1.82, 2.24) is 0 Å². The van der Waals surface area contributed by atoms with Crippen molar-refractivity contribution >= 4 is 106 Å². The molecule has 0 aliphatic heterocycles. The van der Waals surface area contributed by atoms with Gasteiger partial charge in [0.1, 0.15) is 0 Å². The Hall–Kier alpha value is -1.64. The van der Waals surface area contributed by atoms with Gasteiger partial charge in [-0.3, -0.25) is 0 Å². The van der Waals surface area contributed by atoms with Gasteiger partial charge in [0.15, 0.2) is 0 Å². The topological polar surface area (TPSA) is 0 Å². The molecule has 0 aromatic carbocycles. The van der Waals surface area contributed by atoms with Crippen LogP contribution in [0.2, 0.25) is 0 Å². The van der Waals surface area contributed by atoms with E-state index in [1.54, 1.807) is 0 Å². The normalized spacial score (nSPS) is 11.4. The maximum Gasteiger partial charge on any atom is 0.0789 e. The lowest BCUT2D eigenvalue weighted by Crippen LogP contribution is -1.57. The summed E-state index contributed by atoms with van der Waals surface area (Å²) in [5.41, 5.74) is 0. The first-order chi connectivity index (χ1) is 13.7. The molecular formula is C22H10S6. The second kappa shape index (κ2) is 6.43. The van der Waals surface area contributed by atoms with Crippen LogP contribution in [0.1, 0.15) is 23.6 Å². The van der Waals surface area contributed by atoms with E-state index in [1.807, 2.05) is 81.9 Å². The van der Waals surface area contributed by atoms with Gasteiger partial charge in [-0.15, -0.1) is 79.9 Å². The molecule has 0 N–H and O–H groups in total. The highest BCUT2D eigenvalue weighted by molar-refractivity contribution is 7.42. The Balaban J connectivity index is 1.49. The molecule has 6 heterocycles. The average molecular weight is 467 g/mol. The standard InChI is InChI=1S/C22H10S6/c1-3-5-11-7-15-19(23-11)21-17(25-15)9-13(27-21)14-10-18-22(28-14)20-16(26-18)8-12(24-20)6-4-2/h7-10H,1-2H3. The van der Waals surface area contributed by atoms with Crippen molar-refractivity contribution in [3.05, 3.63) is 34.0 Å². The number of rotatable bonds is 1. The molecule has 6 aromatic heterocycles. The maximum absolute atomic E-state index is 3.20. The summed E-state index contributed by atoms with van der Waals surface area (Å²) in [5, 5.41) is 0. The third-order valence-electron chi connectivity index (χ3n) is 4.38. The van der Waals surface area contributed by atoms with Crippen molar-refractivity contribution < 1.29 is 0 Å². The second-order valence-corrected chi connectivity index (χ2v) is 12.5. The summed E-state index contributed by atoms with van der Waals surface area (Å²) in [6.07, 6.45) is 0. The summed E-state index contributed by atoms with van der Waals surface area (Å²) in [6, 6.07) is 9.22. The molecule has 28 heavy (non-hydrogen) atoms. The molecule has 0 nitrogen and oxygen atoms in total. The molecule has 0 saturated carbocycles. The van der Waals surface area contributed by atoms with Crippen molar-refractivity contribution in [2.75, 3.05) is 0 Å². The van der Waals surface area contributed by atoms with Crippen LogP contribution in [0.15, 0.2) is 24.3 Å². The smallest absolute Gasteiger partial charge is 0.0789 e. The first-order valence-corrected chi connectivity index (χ1v) is 13.4. The first-order valence-electron chi connectivity index (χ1n) is 8.51. The van der Waals surface area contributed by atoms with Gasteiger partial charge in [0, 0.05) is 28.6 Å². The zero-order valence-corrected chi connectivity index (χ0v) is 19.7. The van der Waals surface area contributed by atoms with E-state index in [0.717, 1.165) is 0 Å². The molecule has 0 aliphatic carbocycles. The van der Waals surface area contributed by atoms with Crippen molar-refractivity contribution in [2.45, 2.75) is 13.8 Å². The Morgan fingerprint density at radius 1 is 0.500 bits per heavy atom. The van der Waals surface area contributed by atoms with E-state index in [1.165, 1.54) is 57.1 Å². The van der Waals surface area contributed by atoms with Crippen molar-refractivity contribution in [1.29, 1.82) is 0 Å². The van der Waals surface area contributed by atoms with Crippen molar-refractivity contribution in [3.8, 4) is 33.4 Å². The Labute approximate surface area is 185 Å². The molecule has 0 spiro atoms. The van der Waals surface area contributed by atoms with Gasteiger partial charge in [-0.2, -0.15) is 0 Å². The number of fused-ring (bicyclic) bond motifs is 6. The van der Waals surface area contributed by atoms with E-state index in [0.29, 0.717) is 0 Å². The minimum atomic E-state index is 1.17. The summed E-state index contributed by atoms with van der Waals surface area (Å²) < 4.78 is 11.2. The highest BCUT2D eigenvalue weighted by atomic mass is 32.1. The number of hydrogen-bond acceptors (Lipinski definition) is 6. The molecule has 0 fully saturated rings. The van der Waals surface area contributed by atoms with E-state index in [4.69, 9.17) is 0 Å². The molecule has 0 unspecified atom stereocenters. The SMILES string of the molecule is CC#Cc1cc2sc3cc(-c4cc5sc6cc(C#CC)sc6c5s4)sc3c2s1. The molecule has 134 valence electrons. The zero-order valence-electron chi connectivity index (χ0n) is 14.8. The predicted molar refractivity (Wildman–Crippen MR) is 134 cm³/mol. The number of hydrogen-bond donors (Lipinski definition) is 0. The van der Waals surface area contributed by atoms with Crippen LogP contribution in [0.3, 0.4) is 0 Å². The molecule has 0 bridgehead atoms. The lowest BCUT2D eigenvalue weighted by molar-refractivity contribution is 1.89. The van der Waals surface area contributed by atoms with Crippen molar-refractivity contribution in [2.24, 2.45) is 0 Å². The van der Waals surface area contributed by atoms with Crippen LogP contribution >= 0.6 is 68.0 Å². The molecule has 6 heteroatoms. The summed E-state index contributed by atoms with van der Waals surface area (Å²) in [6.45, 7) is 3.80. The molecule has 6 aromatic rings. The Morgan fingerprint density at radius 3 is 1.32 bits per heavy atom. The van der Waals surface area contributed by atoms with E-state index in [2.05, 4.69) is 47.9 Å². The molecular weight excluding hydrogens is 457 g/mol. The van der Waals surface area contributed by atoms with Gasteiger partial charge in [0.05, 0.1) is 28.6 Å². The quantitative estimate of drug-likeness (QED) is 0.212. The van der Waals surface area contributed by atoms with Gasteiger partial charge >= 0.3 is 0 Å². The summed E-state index contributed by atoms with van der Waals surface area (Å²) >= 11 is 11.3. The van der Waals surface area contributed by atoms with Crippen LogP contribution in [-0.4, -0.2) is 0 Å². The van der Waals surface area contributed by atoms with Crippen molar-refractivity contribution in [3.63, 3.8) is 0 Å². The van der Waals surface area contributed by atoms with Gasteiger partial charge in [-0.25, -0.2) is 0 Å². The molecule has 6 rings (SSSR count). The monoisotopic (exact) mass is 466 g/mol. The molecule has 0 amide bonds. The Kier molecular flexibility index (Phi) is 3.96. The minimum Gasteiger partial charge on any atom is -0.133 e. The molecule has 0 atom stereocenters. The van der Waals surface area contributed by atoms with Gasteiger partial charge in [-0.1, -0.05) is 11.8 Å². The Morgan fingerprint density at radius 2 is 0.893 bits per heavy atom. The minimum absolute atomic E-state index is 1.17. The summed E-state index contributed by atoms with van der Waals surface area (Å²) in [7, 11) is 0. The maximum atomic E-state index is 3.20. The first kappa shape index (κ1) is 17.2. The highest BCUT2D eigenvalue weighted by Crippen LogP contribution is 2.50. The fraction of sp³-hybridized carbons (Fsp3) is 0.0909. The van der Waals surface area contributed by atoms with Crippen LogP contribution in [0.4, 0.5) is 0 Å². The Bertz CT molecular complexity index is 1520. The van der Waals surface area contributed by atoms with Gasteiger partial charge in [-0.05, 0) is 38.1 Å². The summed E-state index contributed by atoms with van der Waals surface area (Å²) in [4.78, 5) is 5.10. The largest absolute Gasteiger partial charge is 0.133 e. The zero-order chi connectivity index (χ0) is 18.8. The van der Waals surface area contributed by atoms with Gasteiger partial charge in [0.25, 0.3) is 0 Å². The van der Waals surface area contributed by atoms with E-state index < -0.39 is 0 Å². The third-order valence-corrected chi connectivity index (χ3v) is 12.0. The lowest BCUT2D eigenvalue weighted by atomic mass is 10.3. The second-order valence-electron chi connectivity index (χ2n) is 6.17. The van der Waals surface area contributed by atoms with Gasteiger partial charge < -0.3 is 0 Å². The lowest BCUT2D eigenvalue weighted by Gasteiger charge is -1.88. The fourth-order valence-electron chi connectivity index (χ4n) is 3.28. The summed E-state index contributed by atoms with van der Waals surface area (Å²) in [5.74, 6) is 12.4. The average Bonchev–Trinajstić information content (AvgIpc) is 3.42.